The van der Waals surface area contributed by atoms with Gasteiger partial charge in [0.2, 0.25) is 0 Å². The predicted molar refractivity (Wildman–Crippen MR) is 122 cm³/mol. The Morgan fingerprint density at radius 2 is 1.14 bits per heavy atom. The van der Waals surface area contributed by atoms with Gasteiger partial charge in [-0.05, 0) is 55.7 Å². The molecule has 36 heavy (non-hydrogen) atoms. The van der Waals surface area contributed by atoms with Crippen LogP contribution in [0.3, 0.4) is 0 Å². The Balaban J connectivity index is 1.69. The standard InChI is InChI=1S/C28H19F7O/c1-14-4-6-17(7-5-14)18-8-9-20(22(30)10-18)19-11-23(31)26(24(32)12-19)28(34,35)36-25-13-21(29)15(2)27(33)16(25)3/h4-13H,1-3H3. The van der Waals surface area contributed by atoms with Gasteiger partial charge in [0.15, 0.2) is 0 Å². The van der Waals surface area contributed by atoms with Gasteiger partial charge in [-0.3, -0.25) is 0 Å². The van der Waals surface area contributed by atoms with Gasteiger partial charge < -0.3 is 4.74 Å². The fraction of sp³-hybridized carbons (Fsp3) is 0.143. The normalized spacial score (nSPS) is 11.6. The predicted octanol–water partition coefficient (Wildman–Crippen LogP) is 8.77. The van der Waals surface area contributed by atoms with E-state index in [1.165, 1.54) is 18.2 Å². The second-order valence-electron chi connectivity index (χ2n) is 8.41. The highest BCUT2D eigenvalue weighted by Crippen LogP contribution is 2.39. The highest BCUT2D eigenvalue weighted by molar-refractivity contribution is 5.71. The van der Waals surface area contributed by atoms with Gasteiger partial charge in [0.05, 0.1) is 0 Å². The molecule has 0 heterocycles. The van der Waals surface area contributed by atoms with E-state index in [1.807, 2.05) is 19.1 Å². The maximum atomic E-state index is 14.9. The van der Waals surface area contributed by atoms with Gasteiger partial charge in [0.25, 0.3) is 0 Å². The molecular formula is C28H19F7O. The fourth-order valence-corrected chi connectivity index (χ4v) is 3.80. The zero-order valence-corrected chi connectivity index (χ0v) is 19.3. The molecule has 0 unspecified atom stereocenters. The van der Waals surface area contributed by atoms with Crippen LogP contribution in [-0.4, -0.2) is 0 Å². The van der Waals surface area contributed by atoms with E-state index in [0.29, 0.717) is 23.8 Å². The molecule has 0 aliphatic heterocycles. The van der Waals surface area contributed by atoms with Crippen molar-refractivity contribution in [2.24, 2.45) is 0 Å². The Morgan fingerprint density at radius 3 is 1.72 bits per heavy atom. The van der Waals surface area contributed by atoms with Crippen molar-refractivity contribution < 1.29 is 35.5 Å². The van der Waals surface area contributed by atoms with Crippen LogP contribution < -0.4 is 4.74 Å². The molecule has 0 bridgehead atoms. The highest BCUT2D eigenvalue weighted by Gasteiger charge is 2.42. The van der Waals surface area contributed by atoms with Gasteiger partial charge in [0, 0.05) is 22.8 Å². The molecule has 0 aliphatic carbocycles. The number of rotatable bonds is 5. The average Bonchev–Trinajstić information content (AvgIpc) is 2.80. The number of aryl methyl sites for hydroxylation is 1. The van der Waals surface area contributed by atoms with Crippen molar-refractivity contribution in [1.29, 1.82) is 0 Å². The van der Waals surface area contributed by atoms with Gasteiger partial charge in [-0.1, -0.05) is 42.0 Å². The molecule has 0 saturated heterocycles. The Kier molecular flexibility index (Phi) is 6.56. The molecule has 0 N–H and O–H groups in total. The Morgan fingerprint density at radius 1 is 0.583 bits per heavy atom. The molecule has 0 aromatic heterocycles. The fourth-order valence-electron chi connectivity index (χ4n) is 3.80. The Hall–Kier alpha value is -3.81. The third-order valence-electron chi connectivity index (χ3n) is 5.88. The first-order valence-electron chi connectivity index (χ1n) is 10.8. The van der Waals surface area contributed by atoms with Crippen molar-refractivity contribution in [3.05, 3.63) is 112 Å². The summed E-state index contributed by atoms with van der Waals surface area (Å²) in [7, 11) is 0. The number of ether oxygens (including phenoxy) is 1. The molecule has 8 heteroatoms. The molecule has 4 rings (SSSR count). The van der Waals surface area contributed by atoms with E-state index in [2.05, 4.69) is 4.74 Å². The molecule has 4 aromatic carbocycles. The van der Waals surface area contributed by atoms with Gasteiger partial charge in [0.1, 0.15) is 40.4 Å². The maximum absolute atomic E-state index is 14.9. The van der Waals surface area contributed by atoms with Crippen molar-refractivity contribution >= 4 is 0 Å². The van der Waals surface area contributed by atoms with Crippen LogP contribution in [0.1, 0.15) is 22.3 Å². The molecule has 0 atom stereocenters. The number of hydrogen-bond donors (Lipinski definition) is 0. The number of benzene rings is 4. The lowest BCUT2D eigenvalue weighted by atomic mass is 9.98. The van der Waals surface area contributed by atoms with Crippen LogP contribution in [0.15, 0.2) is 60.7 Å². The molecule has 186 valence electrons. The van der Waals surface area contributed by atoms with E-state index >= 15 is 0 Å². The first-order chi connectivity index (χ1) is 16.9. The number of halogens is 7. The van der Waals surface area contributed by atoms with E-state index in [-0.39, 0.29) is 11.1 Å². The SMILES string of the molecule is Cc1ccc(-c2ccc(-c3cc(F)c(C(F)(F)Oc4cc(F)c(C)c(F)c4C)c(F)c3)c(F)c2)cc1. The van der Waals surface area contributed by atoms with Crippen LogP contribution in [0.25, 0.3) is 22.3 Å². The molecule has 0 fully saturated rings. The van der Waals surface area contributed by atoms with Crippen LogP contribution >= 0.6 is 0 Å². The van der Waals surface area contributed by atoms with E-state index in [4.69, 9.17) is 0 Å². The smallest absolute Gasteiger partial charge is 0.428 e. The van der Waals surface area contributed by atoms with Crippen molar-refractivity contribution in [2.75, 3.05) is 0 Å². The summed E-state index contributed by atoms with van der Waals surface area (Å²) in [6, 6.07) is 12.8. The highest BCUT2D eigenvalue weighted by atomic mass is 19.3. The van der Waals surface area contributed by atoms with Crippen LogP contribution in [0, 0.1) is 49.9 Å². The zero-order chi connectivity index (χ0) is 26.4. The summed E-state index contributed by atoms with van der Waals surface area (Å²) in [4.78, 5) is 0. The van der Waals surface area contributed by atoms with E-state index < -0.39 is 57.6 Å². The minimum absolute atomic E-state index is 0.210. The largest absolute Gasteiger partial charge is 0.432 e. The van der Waals surface area contributed by atoms with E-state index in [1.54, 1.807) is 12.1 Å². The molecule has 0 spiro atoms. The molecule has 4 aromatic rings. The van der Waals surface area contributed by atoms with Gasteiger partial charge >= 0.3 is 6.11 Å². The van der Waals surface area contributed by atoms with Gasteiger partial charge in [-0.15, -0.1) is 0 Å². The summed E-state index contributed by atoms with van der Waals surface area (Å²) in [5.41, 5.74) is -0.933. The molecule has 1 nitrogen and oxygen atoms in total. The maximum Gasteiger partial charge on any atom is 0.432 e. The van der Waals surface area contributed by atoms with E-state index in [9.17, 15) is 30.7 Å². The first-order valence-corrected chi connectivity index (χ1v) is 10.8. The van der Waals surface area contributed by atoms with E-state index in [0.717, 1.165) is 25.0 Å². The van der Waals surface area contributed by atoms with Crippen LogP contribution in [0.2, 0.25) is 0 Å². The van der Waals surface area contributed by atoms with Crippen molar-refractivity contribution in [3.63, 3.8) is 0 Å². The number of alkyl halides is 2. The summed E-state index contributed by atoms with van der Waals surface area (Å²) in [5.74, 6) is -7.46. The minimum atomic E-state index is -4.63. The van der Waals surface area contributed by atoms with Gasteiger partial charge in [-0.25, -0.2) is 22.0 Å². The average molecular weight is 504 g/mol. The minimum Gasteiger partial charge on any atom is -0.428 e. The summed E-state index contributed by atoms with van der Waals surface area (Å²) >= 11 is 0. The van der Waals surface area contributed by atoms with Crippen molar-refractivity contribution in [2.45, 2.75) is 26.9 Å². The third kappa shape index (κ3) is 4.67. The second-order valence-corrected chi connectivity index (χ2v) is 8.41. The lowest BCUT2D eigenvalue weighted by Crippen LogP contribution is -2.26. The number of hydrogen-bond acceptors (Lipinski definition) is 1. The zero-order valence-electron chi connectivity index (χ0n) is 19.3. The first kappa shape index (κ1) is 25.3. The molecule has 0 saturated carbocycles. The molecule has 0 radical (unpaired) electrons. The second kappa shape index (κ2) is 9.33. The molecule has 0 amide bonds. The summed E-state index contributed by atoms with van der Waals surface area (Å²) in [6.07, 6.45) is -4.63. The Labute approximate surface area is 202 Å². The van der Waals surface area contributed by atoms with Gasteiger partial charge in [-0.2, -0.15) is 8.78 Å². The van der Waals surface area contributed by atoms with Crippen LogP contribution in [0.5, 0.6) is 5.75 Å². The quantitative estimate of drug-likeness (QED) is 0.247. The van der Waals surface area contributed by atoms with Crippen molar-refractivity contribution in [1.82, 2.24) is 0 Å². The summed E-state index contributed by atoms with van der Waals surface area (Å²) in [5, 5.41) is 0. The summed E-state index contributed by atoms with van der Waals surface area (Å²) < 4.78 is 106. The lowest BCUT2D eigenvalue weighted by molar-refractivity contribution is -0.190. The Bertz CT molecular complexity index is 1440. The molecule has 0 aliphatic rings. The molecular weight excluding hydrogens is 485 g/mol. The topological polar surface area (TPSA) is 9.23 Å². The summed E-state index contributed by atoms with van der Waals surface area (Å²) in [6.45, 7) is 4.06. The van der Waals surface area contributed by atoms with Crippen LogP contribution in [-0.2, 0) is 6.11 Å². The van der Waals surface area contributed by atoms with Crippen molar-refractivity contribution in [3.8, 4) is 28.0 Å². The monoisotopic (exact) mass is 504 g/mol. The third-order valence-corrected chi connectivity index (χ3v) is 5.88. The lowest BCUT2D eigenvalue weighted by Gasteiger charge is -2.21. The van der Waals surface area contributed by atoms with Crippen LogP contribution in [0.4, 0.5) is 30.7 Å².